The summed E-state index contributed by atoms with van der Waals surface area (Å²) in [4.78, 5) is 2.33. The maximum Gasteiger partial charge on any atom is 0.142 e. The van der Waals surface area contributed by atoms with Crippen molar-refractivity contribution in [2.75, 3.05) is 32.1 Å². The topological polar surface area (TPSA) is 24.5 Å². The molecule has 100 valence electrons. The molecule has 4 heteroatoms. The Morgan fingerprint density at radius 3 is 3.00 bits per heavy atom. The highest BCUT2D eigenvalue weighted by Gasteiger charge is 2.20. The average Bonchev–Trinajstić information content (AvgIpc) is 2.74. The van der Waals surface area contributed by atoms with Crippen molar-refractivity contribution in [1.82, 2.24) is 4.90 Å². The highest BCUT2D eigenvalue weighted by Crippen LogP contribution is 2.29. The third-order valence-corrected chi connectivity index (χ3v) is 3.39. The number of ether oxygens (including phenoxy) is 1. The summed E-state index contributed by atoms with van der Waals surface area (Å²) in [6.45, 7) is 5.05. The summed E-state index contributed by atoms with van der Waals surface area (Å²) >= 11 is 6.06. The predicted molar refractivity (Wildman–Crippen MR) is 76.8 cm³/mol. The van der Waals surface area contributed by atoms with Crippen molar-refractivity contribution in [2.24, 2.45) is 0 Å². The maximum absolute atomic E-state index is 6.06. The predicted octanol–water partition coefficient (Wildman–Crippen LogP) is 3.24. The number of likely N-dealkylation sites (N-methyl/N-ethyl adjacent to an activating group) is 1. The summed E-state index contributed by atoms with van der Waals surface area (Å²) in [5.74, 6) is 0.899. The van der Waals surface area contributed by atoms with Gasteiger partial charge in [0.15, 0.2) is 0 Å². The molecule has 2 rings (SSSR count). The number of rotatable bonds is 5. The summed E-state index contributed by atoms with van der Waals surface area (Å²) in [5, 5.41) is 4.28. The number of hydrogen-bond donors (Lipinski definition) is 1. The molecule has 1 aromatic rings. The lowest BCUT2D eigenvalue weighted by atomic mass is 10.2. The minimum atomic E-state index is 0.484. The van der Waals surface area contributed by atoms with Crippen LogP contribution in [0.5, 0.6) is 5.75 Å². The van der Waals surface area contributed by atoms with Crippen molar-refractivity contribution in [3.05, 3.63) is 23.2 Å². The summed E-state index contributed by atoms with van der Waals surface area (Å²) < 4.78 is 5.74. The SMILES string of the molecule is CCCOc1ccc(Cl)cc1NC1CCN(C)C1. The van der Waals surface area contributed by atoms with E-state index in [0.717, 1.165) is 49.0 Å². The second-order valence-corrected chi connectivity index (χ2v) is 5.32. The minimum absolute atomic E-state index is 0.484. The van der Waals surface area contributed by atoms with Crippen LogP contribution in [0.15, 0.2) is 18.2 Å². The summed E-state index contributed by atoms with van der Waals surface area (Å²) in [7, 11) is 2.15. The first-order valence-electron chi connectivity index (χ1n) is 6.56. The van der Waals surface area contributed by atoms with Gasteiger partial charge in [0.25, 0.3) is 0 Å². The first-order valence-corrected chi connectivity index (χ1v) is 6.94. The fourth-order valence-electron chi connectivity index (χ4n) is 2.23. The van der Waals surface area contributed by atoms with Gasteiger partial charge in [0.2, 0.25) is 0 Å². The molecule has 0 amide bonds. The molecular weight excluding hydrogens is 248 g/mol. The zero-order valence-electron chi connectivity index (χ0n) is 11.1. The van der Waals surface area contributed by atoms with E-state index in [4.69, 9.17) is 16.3 Å². The Morgan fingerprint density at radius 1 is 1.50 bits per heavy atom. The lowest BCUT2D eigenvalue weighted by Crippen LogP contribution is -2.23. The maximum atomic E-state index is 6.06. The van der Waals surface area contributed by atoms with Gasteiger partial charge in [0.05, 0.1) is 12.3 Å². The molecule has 1 heterocycles. The van der Waals surface area contributed by atoms with Gasteiger partial charge in [-0.05, 0) is 44.6 Å². The molecule has 1 saturated heterocycles. The van der Waals surface area contributed by atoms with Gasteiger partial charge in [0.1, 0.15) is 5.75 Å². The average molecular weight is 269 g/mol. The molecule has 0 radical (unpaired) electrons. The van der Waals surface area contributed by atoms with E-state index in [-0.39, 0.29) is 0 Å². The number of nitrogens with one attached hydrogen (secondary N) is 1. The monoisotopic (exact) mass is 268 g/mol. The molecule has 1 fully saturated rings. The van der Waals surface area contributed by atoms with Crippen LogP contribution in [-0.2, 0) is 0 Å². The number of nitrogens with zero attached hydrogens (tertiary/aromatic N) is 1. The molecule has 0 saturated carbocycles. The molecular formula is C14H21ClN2O. The van der Waals surface area contributed by atoms with Gasteiger partial charge in [-0.2, -0.15) is 0 Å². The molecule has 1 N–H and O–H groups in total. The highest BCUT2D eigenvalue weighted by molar-refractivity contribution is 6.30. The van der Waals surface area contributed by atoms with E-state index < -0.39 is 0 Å². The van der Waals surface area contributed by atoms with E-state index in [1.165, 1.54) is 0 Å². The zero-order valence-corrected chi connectivity index (χ0v) is 11.8. The second kappa shape index (κ2) is 6.30. The number of hydrogen-bond acceptors (Lipinski definition) is 3. The van der Waals surface area contributed by atoms with E-state index in [9.17, 15) is 0 Å². The third-order valence-electron chi connectivity index (χ3n) is 3.15. The Morgan fingerprint density at radius 2 is 2.33 bits per heavy atom. The molecule has 1 aliphatic rings. The smallest absolute Gasteiger partial charge is 0.142 e. The van der Waals surface area contributed by atoms with E-state index in [2.05, 4.69) is 24.2 Å². The Balaban J connectivity index is 2.06. The van der Waals surface area contributed by atoms with Gasteiger partial charge in [-0.15, -0.1) is 0 Å². The fourth-order valence-corrected chi connectivity index (χ4v) is 2.40. The normalized spacial score (nSPS) is 20.1. The van der Waals surface area contributed by atoms with Crippen molar-refractivity contribution in [3.63, 3.8) is 0 Å². The van der Waals surface area contributed by atoms with Gasteiger partial charge in [-0.1, -0.05) is 18.5 Å². The number of benzene rings is 1. The van der Waals surface area contributed by atoms with Crippen molar-refractivity contribution >= 4 is 17.3 Å². The zero-order chi connectivity index (χ0) is 13.0. The van der Waals surface area contributed by atoms with Gasteiger partial charge in [-0.25, -0.2) is 0 Å². The number of anilines is 1. The number of halogens is 1. The van der Waals surface area contributed by atoms with Crippen LogP contribution in [0, 0.1) is 0 Å². The minimum Gasteiger partial charge on any atom is -0.491 e. The Kier molecular flexibility index (Phi) is 4.72. The lowest BCUT2D eigenvalue weighted by Gasteiger charge is -2.18. The van der Waals surface area contributed by atoms with Crippen molar-refractivity contribution < 1.29 is 4.74 Å². The molecule has 18 heavy (non-hydrogen) atoms. The quantitative estimate of drug-likeness (QED) is 0.887. The molecule has 0 bridgehead atoms. The van der Waals surface area contributed by atoms with Gasteiger partial charge in [-0.3, -0.25) is 0 Å². The summed E-state index contributed by atoms with van der Waals surface area (Å²) in [5.41, 5.74) is 1.01. The molecule has 1 aliphatic heterocycles. The first kappa shape index (κ1) is 13.5. The molecule has 1 atom stereocenters. The Bertz CT molecular complexity index is 397. The van der Waals surface area contributed by atoms with Crippen LogP contribution in [0.25, 0.3) is 0 Å². The Hall–Kier alpha value is -0.930. The van der Waals surface area contributed by atoms with E-state index >= 15 is 0 Å². The van der Waals surface area contributed by atoms with Crippen molar-refractivity contribution in [2.45, 2.75) is 25.8 Å². The van der Waals surface area contributed by atoms with Crippen molar-refractivity contribution in [3.8, 4) is 5.75 Å². The van der Waals surface area contributed by atoms with Gasteiger partial charge in [0, 0.05) is 17.6 Å². The van der Waals surface area contributed by atoms with Crippen molar-refractivity contribution in [1.29, 1.82) is 0 Å². The molecule has 0 aliphatic carbocycles. The standard InChI is InChI=1S/C14H21ClN2O/c1-3-8-18-14-5-4-11(15)9-13(14)16-12-6-7-17(2)10-12/h4-5,9,12,16H,3,6-8,10H2,1-2H3. The molecule has 1 aromatic carbocycles. The highest BCUT2D eigenvalue weighted by atomic mass is 35.5. The fraction of sp³-hybridized carbons (Fsp3) is 0.571. The third kappa shape index (κ3) is 3.53. The van der Waals surface area contributed by atoms with Crippen LogP contribution in [0.2, 0.25) is 5.02 Å². The van der Waals surface area contributed by atoms with Crippen LogP contribution >= 0.6 is 11.6 Å². The molecule has 0 aromatic heterocycles. The van der Waals surface area contributed by atoms with E-state index in [1.807, 2.05) is 18.2 Å². The van der Waals surface area contributed by atoms with Crippen LogP contribution in [0.1, 0.15) is 19.8 Å². The molecule has 0 spiro atoms. The van der Waals surface area contributed by atoms with Crippen LogP contribution < -0.4 is 10.1 Å². The van der Waals surface area contributed by atoms with E-state index in [0.29, 0.717) is 6.04 Å². The van der Waals surface area contributed by atoms with Crippen LogP contribution in [-0.4, -0.2) is 37.7 Å². The van der Waals surface area contributed by atoms with Crippen LogP contribution in [0.4, 0.5) is 5.69 Å². The van der Waals surface area contributed by atoms with Gasteiger partial charge < -0.3 is 15.0 Å². The van der Waals surface area contributed by atoms with E-state index in [1.54, 1.807) is 0 Å². The van der Waals surface area contributed by atoms with Gasteiger partial charge >= 0.3 is 0 Å². The molecule has 1 unspecified atom stereocenters. The summed E-state index contributed by atoms with van der Waals surface area (Å²) in [6, 6.07) is 6.25. The lowest BCUT2D eigenvalue weighted by molar-refractivity contribution is 0.318. The van der Waals surface area contributed by atoms with Crippen LogP contribution in [0.3, 0.4) is 0 Å². The number of likely N-dealkylation sites (tertiary alicyclic amines) is 1. The second-order valence-electron chi connectivity index (χ2n) is 4.88. The largest absolute Gasteiger partial charge is 0.491 e. The Labute approximate surface area is 114 Å². The molecule has 3 nitrogen and oxygen atoms in total. The first-order chi connectivity index (χ1) is 8.69. The summed E-state index contributed by atoms with van der Waals surface area (Å²) in [6.07, 6.45) is 2.17.